The second-order valence-corrected chi connectivity index (χ2v) is 7.46. The number of carbonyl (C=O) groups excluding carboxylic acids is 3. The van der Waals surface area contributed by atoms with Crippen LogP contribution >= 0.6 is 11.6 Å². The van der Waals surface area contributed by atoms with E-state index in [0.29, 0.717) is 17.0 Å². The van der Waals surface area contributed by atoms with Gasteiger partial charge in [-0.3, -0.25) is 14.9 Å². The Morgan fingerprint density at radius 2 is 1.60 bits per heavy atom. The second kappa shape index (κ2) is 11.1. The third-order valence-corrected chi connectivity index (χ3v) is 5.07. The Morgan fingerprint density at radius 1 is 0.943 bits per heavy atom. The number of nitrogens with zero attached hydrogens (tertiary/aromatic N) is 1. The van der Waals surface area contributed by atoms with Crippen molar-refractivity contribution in [1.29, 1.82) is 0 Å². The van der Waals surface area contributed by atoms with Crippen molar-refractivity contribution in [1.82, 2.24) is 0 Å². The van der Waals surface area contributed by atoms with E-state index in [9.17, 15) is 24.5 Å². The summed E-state index contributed by atoms with van der Waals surface area (Å²) in [6, 6.07) is 15.7. The van der Waals surface area contributed by atoms with Crippen molar-refractivity contribution >= 4 is 40.8 Å². The van der Waals surface area contributed by atoms with Crippen LogP contribution in [0.25, 0.3) is 0 Å². The molecule has 0 bridgehead atoms. The SMILES string of the molecule is COC(=O)c1cc(C(=O)OC(C(=O)Nc2ccc(OC)c(Cl)c2)c2ccccc2)cc([N+](=O)[O-])c1. The molecule has 0 saturated carbocycles. The molecule has 0 saturated heterocycles. The zero-order chi connectivity index (χ0) is 25.5. The first-order chi connectivity index (χ1) is 16.7. The molecule has 3 aromatic carbocycles. The predicted molar refractivity (Wildman–Crippen MR) is 126 cm³/mol. The predicted octanol–water partition coefficient (Wildman–Crippen LogP) is 4.58. The standard InChI is InChI=1S/C24H19ClN2O8/c1-33-20-9-8-17(13-19(20)25)26-22(28)21(14-6-4-3-5-7-14)35-24(30)16-10-15(23(29)34-2)11-18(12-16)27(31)32/h3-13,21H,1-2H3,(H,26,28). The number of halogens is 1. The van der Waals surface area contributed by atoms with Crippen LogP contribution in [0.5, 0.6) is 5.75 Å². The van der Waals surface area contributed by atoms with E-state index in [4.69, 9.17) is 21.1 Å². The molecule has 0 spiro atoms. The minimum atomic E-state index is -1.43. The van der Waals surface area contributed by atoms with Gasteiger partial charge in [0, 0.05) is 23.4 Å². The molecule has 10 nitrogen and oxygen atoms in total. The third kappa shape index (κ3) is 6.12. The highest BCUT2D eigenvalue weighted by Gasteiger charge is 2.28. The number of anilines is 1. The van der Waals surface area contributed by atoms with E-state index in [2.05, 4.69) is 10.1 Å². The summed E-state index contributed by atoms with van der Waals surface area (Å²) in [6.45, 7) is 0. The number of carbonyl (C=O) groups is 3. The quantitative estimate of drug-likeness (QED) is 0.271. The fourth-order valence-electron chi connectivity index (χ4n) is 3.10. The van der Waals surface area contributed by atoms with Crippen LogP contribution in [0.15, 0.2) is 66.7 Å². The largest absolute Gasteiger partial charge is 0.495 e. The van der Waals surface area contributed by atoms with Gasteiger partial charge in [0.15, 0.2) is 0 Å². The molecule has 0 aliphatic heterocycles. The minimum absolute atomic E-state index is 0.220. The zero-order valence-corrected chi connectivity index (χ0v) is 19.3. The van der Waals surface area contributed by atoms with Gasteiger partial charge < -0.3 is 19.5 Å². The molecule has 35 heavy (non-hydrogen) atoms. The Kier molecular flexibility index (Phi) is 8.00. The van der Waals surface area contributed by atoms with Crippen LogP contribution in [0.4, 0.5) is 11.4 Å². The summed E-state index contributed by atoms with van der Waals surface area (Å²) >= 11 is 6.11. The van der Waals surface area contributed by atoms with Crippen molar-refractivity contribution in [3.63, 3.8) is 0 Å². The highest BCUT2D eigenvalue weighted by molar-refractivity contribution is 6.32. The molecule has 11 heteroatoms. The number of ether oxygens (including phenoxy) is 3. The van der Waals surface area contributed by atoms with Crippen molar-refractivity contribution in [3.8, 4) is 5.75 Å². The van der Waals surface area contributed by atoms with Gasteiger partial charge in [0.05, 0.1) is 35.3 Å². The first-order valence-corrected chi connectivity index (χ1v) is 10.4. The number of esters is 2. The van der Waals surface area contributed by atoms with E-state index in [-0.39, 0.29) is 16.1 Å². The summed E-state index contributed by atoms with van der Waals surface area (Å²) in [5.41, 5.74) is -0.380. The third-order valence-electron chi connectivity index (χ3n) is 4.77. The second-order valence-electron chi connectivity index (χ2n) is 7.05. The Morgan fingerprint density at radius 3 is 2.17 bits per heavy atom. The van der Waals surface area contributed by atoms with Crippen LogP contribution in [0.3, 0.4) is 0 Å². The van der Waals surface area contributed by atoms with Crippen LogP contribution in [-0.2, 0) is 14.3 Å². The van der Waals surface area contributed by atoms with Gasteiger partial charge in [-0.15, -0.1) is 0 Å². The van der Waals surface area contributed by atoms with Gasteiger partial charge in [-0.05, 0) is 24.3 Å². The Balaban J connectivity index is 1.93. The topological polar surface area (TPSA) is 134 Å². The van der Waals surface area contributed by atoms with Gasteiger partial charge in [0.1, 0.15) is 5.75 Å². The monoisotopic (exact) mass is 498 g/mol. The summed E-state index contributed by atoms with van der Waals surface area (Å²) in [6.07, 6.45) is -1.43. The first-order valence-electron chi connectivity index (χ1n) is 10.0. The average molecular weight is 499 g/mol. The molecule has 180 valence electrons. The molecule has 3 aromatic rings. The fraction of sp³-hybridized carbons (Fsp3) is 0.125. The minimum Gasteiger partial charge on any atom is -0.495 e. The van der Waals surface area contributed by atoms with E-state index in [1.807, 2.05) is 0 Å². The number of non-ortho nitro benzene ring substituents is 1. The van der Waals surface area contributed by atoms with E-state index in [1.54, 1.807) is 42.5 Å². The van der Waals surface area contributed by atoms with Gasteiger partial charge in [0.25, 0.3) is 11.6 Å². The van der Waals surface area contributed by atoms with Crippen LogP contribution in [0.2, 0.25) is 5.02 Å². The molecule has 0 aromatic heterocycles. The molecular weight excluding hydrogens is 480 g/mol. The summed E-state index contributed by atoms with van der Waals surface area (Å²) in [7, 11) is 2.55. The molecule has 1 atom stereocenters. The number of rotatable bonds is 8. The van der Waals surface area contributed by atoms with E-state index in [0.717, 1.165) is 25.3 Å². The molecule has 0 fully saturated rings. The molecule has 1 N–H and O–H groups in total. The molecule has 0 aliphatic rings. The maximum Gasteiger partial charge on any atom is 0.339 e. The van der Waals surface area contributed by atoms with E-state index >= 15 is 0 Å². The lowest BCUT2D eigenvalue weighted by Gasteiger charge is -2.18. The van der Waals surface area contributed by atoms with Gasteiger partial charge >= 0.3 is 11.9 Å². The highest BCUT2D eigenvalue weighted by Crippen LogP contribution is 2.29. The number of benzene rings is 3. The van der Waals surface area contributed by atoms with Crippen molar-refractivity contribution in [2.45, 2.75) is 6.10 Å². The number of amides is 1. The number of hydrogen-bond donors (Lipinski definition) is 1. The number of hydrogen-bond acceptors (Lipinski definition) is 8. The van der Waals surface area contributed by atoms with Crippen LogP contribution < -0.4 is 10.1 Å². The van der Waals surface area contributed by atoms with Crippen molar-refractivity contribution in [3.05, 3.63) is 98.6 Å². The van der Waals surface area contributed by atoms with Crippen molar-refractivity contribution in [2.75, 3.05) is 19.5 Å². The van der Waals surface area contributed by atoms with Crippen molar-refractivity contribution < 1.29 is 33.5 Å². The molecule has 1 amide bonds. The Labute approximate surface area is 204 Å². The van der Waals surface area contributed by atoms with Crippen molar-refractivity contribution in [2.24, 2.45) is 0 Å². The zero-order valence-electron chi connectivity index (χ0n) is 18.5. The average Bonchev–Trinajstić information content (AvgIpc) is 2.86. The number of methoxy groups -OCH3 is 2. The van der Waals surface area contributed by atoms with E-state index in [1.165, 1.54) is 13.2 Å². The lowest BCUT2D eigenvalue weighted by molar-refractivity contribution is -0.384. The maximum absolute atomic E-state index is 13.1. The normalized spacial score (nSPS) is 11.2. The lowest BCUT2D eigenvalue weighted by Crippen LogP contribution is -2.26. The van der Waals surface area contributed by atoms with Gasteiger partial charge in [0.2, 0.25) is 6.10 Å². The van der Waals surface area contributed by atoms with Gasteiger partial charge in [-0.25, -0.2) is 9.59 Å². The first kappa shape index (κ1) is 25.2. The molecule has 0 heterocycles. The summed E-state index contributed by atoms with van der Waals surface area (Å²) in [5.74, 6) is -2.24. The smallest absolute Gasteiger partial charge is 0.339 e. The van der Waals surface area contributed by atoms with Gasteiger partial charge in [-0.1, -0.05) is 41.9 Å². The summed E-state index contributed by atoms with van der Waals surface area (Å²) in [4.78, 5) is 48.5. The molecule has 0 radical (unpaired) electrons. The Bertz CT molecular complexity index is 1280. The molecule has 0 aliphatic carbocycles. The van der Waals surface area contributed by atoms with Crippen LogP contribution in [0.1, 0.15) is 32.4 Å². The summed E-state index contributed by atoms with van der Waals surface area (Å²) < 4.78 is 15.1. The Hall–Kier alpha value is -4.44. The maximum atomic E-state index is 13.1. The summed E-state index contributed by atoms with van der Waals surface area (Å²) in [5, 5.41) is 14.2. The molecular formula is C24H19ClN2O8. The number of nitrogens with one attached hydrogen (secondary N) is 1. The van der Waals surface area contributed by atoms with Crippen LogP contribution in [0, 0.1) is 10.1 Å². The highest BCUT2D eigenvalue weighted by atomic mass is 35.5. The molecule has 1 unspecified atom stereocenters. The number of nitro groups is 1. The van der Waals surface area contributed by atoms with Gasteiger partial charge in [-0.2, -0.15) is 0 Å². The van der Waals surface area contributed by atoms with Crippen LogP contribution in [-0.4, -0.2) is 37.0 Å². The fourth-order valence-corrected chi connectivity index (χ4v) is 3.36. The van der Waals surface area contributed by atoms with E-state index < -0.39 is 34.6 Å². The lowest BCUT2D eigenvalue weighted by atomic mass is 10.1. The number of nitro benzene ring substituents is 1. The molecule has 3 rings (SSSR count).